The van der Waals surface area contributed by atoms with Crippen molar-refractivity contribution < 1.29 is 9.59 Å². The number of aromatic nitrogens is 2. The number of carbonyl (C=O) groups is 2. The molecule has 2 aliphatic heterocycles. The predicted octanol–water partition coefficient (Wildman–Crippen LogP) is 1.60. The molecule has 0 unspecified atom stereocenters. The van der Waals surface area contributed by atoms with Gasteiger partial charge in [-0.15, -0.1) is 0 Å². The van der Waals surface area contributed by atoms with Crippen LogP contribution in [0.3, 0.4) is 0 Å². The summed E-state index contributed by atoms with van der Waals surface area (Å²) in [5, 5.41) is 0. The van der Waals surface area contributed by atoms with Crippen LogP contribution in [0.1, 0.15) is 12.8 Å². The molecule has 2 bridgehead atoms. The Kier molecular flexibility index (Phi) is 4.67. The van der Waals surface area contributed by atoms with Crippen molar-refractivity contribution >= 4 is 17.8 Å². The van der Waals surface area contributed by atoms with Gasteiger partial charge < -0.3 is 4.90 Å². The van der Waals surface area contributed by atoms with E-state index in [9.17, 15) is 9.59 Å². The van der Waals surface area contributed by atoms with Gasteiger partial charge in [-0.25, -0.2) is 9.97 Å². The highest BCUT2D eigenvalue weighted by Crippen LogP contribution is 2.58. The number of hydrogen-bond donors (Lipinski definition) is 0. The lowest BCUT2D eigenvalue weighted by molar-refractivity contribution is -0.140. The van der Waals surface area contributed by atoms with Crippen LogP contribution in [0.5, 0.6) is 0 Å². The number of rotatable bonds is 6. The van der Waals surface area contributed by atoms with Crippen LogP contribution in [0.4, 0.5) is 5.95 Å². The summed E-state index contributed by atoms with van der Waals surface area (Å²) in [6, 6.07) is 1.84. The Hall–Kier alpha value is -2.54. The Morgan fingerprint density at radius 1 is 0.742 bits per heavy atom. The number of piperazine rings is 1. The van der Waals surface area contributed by atoms with Gasteiger partial charge in [-0.2, -0.15) is 0 Å². The summed E-state index contributed by atoms with van der Waals surface area (Å²) in [6.07, 6.45) is 14.4. The average molecular weight is 420 g/mol. The maximum Gasteiger partial charge on any atom is 0.233 e. The van der Waals surface area contributed by atoms with E-state index < -0.39 is 0 Å². The third-order valence-electron chi connectivity index (χ3n) is 8.08. The molecule has 1 saturated carbocycles. The number of nitrogens with zero attached hydrogens (tertiary/aromatic N) is 5. The Balaban J connectivity index is 0.985. The second-order valence-electron chi connectivity index (χ2n) is 9.54. The van der Waals surface area contributed by atoms with Crippen LogP contribution >= 0.6 is 0 Å². The molecule has 0 spiro atoms. The smallest absolute Gasteiger partial charge is 0.233 e. The maximum absolute atomic E-state index is 13.1. The molecule has 0 N–H and O–H groups in total. The Bertz CT molecular complexity index is 883. The second kappa shape index (κ2) is 7.55. The van der Waals surface area contributed by atoms with E-state index in [-0.39, 0.29) is 35.5 Å². The summed E-state index contributed by atoms with van der Waals surface area (Å²) in [7, 11) is 0. The molecule has 3 heterocycles. The molecule has 7 nitrogen and oxygen atoms in total. The lowest BCUT2D eigenvalue weighted by Crippen LogP contribution is -2.50. The van der Waals surface area contributed by atoms with Gasteiger partial charge in [-0.3, -0.25) is 19.4 Å². The Labute approximate surface area is 182 Å². The molecule has 0 aromatic carbocycles. The third kappa shape index (κ3) is 3.04. The SMILES string of the molecule is O=C1[C@@H]2[C@@H]3C=C[C@@H]([C@H]4C=C[C@H]43)[C@@H]2C(=O)N1CCCCN1CCN(c2ncccn2)CC1. The van der Waals surface area contributed by atoms with Crippen LogP contribution in [0, 0.1) is 35.5 Å². The lowest BCUT2D eigenvalue weighted by atomic mass is 9.50. The van der Waals surface area contributed by atoms with Gasteiger partial charge in [-0.1, -0.05) is 24.3 Å². The normalized spacial score (nSPS) is 36.0. The molecule has 4 aliphatic carbocycles. The number of amides is 2. The van der Waals surface area contributed by atoms with E-state index in [1.165, 1.54) is 0 Å². The maximum atomic E-state index is 13.1. The molecule has 162 valence electrons. The zero-order chi connectivity index (χ0) is 20.9. The van der Waals surface area contributed by atoms with Crippen molar-refractivity contribution in [3.05, 3.63) is 42.8 Å². The fourth-order valence-electron chi connectivity index (χ4n) is 6.40. The number of likely N-dealkylation sites (tertiary alicyclic amines) is 1. The third-order valence-corrected chi connectivity index (χ3v) is 8.08. The minimum atomic E-state index is -0.109. The van der Waals surface area contributed by atoms with Crippen LogP contribution in [-0.2, 0) is 9.59 Å². The molecule has 1 aromatic rings. The minimum absolute atomic E-state index is 0.0876. The molecular formula is C24H29N5O2. The first-order chi connectivity index (χ1) is 15.2. The molecule has 6 aliphatic rings. The first-order valence-corrected chi connectivity index (χ1v) is 11.7. The number of anilines is 1. The number of carbonyl (C=O) groups excluding carboxylic acids is 2. The Morgan fingerprint density at radius 2 is 1.29 bits per heavy atom. The molecule has 0 radical (unpaired) electrons. The van der Waals surface area contributed by atoms with E-state index in [0.29, 0.717) is 18.4 Å². The van der Waals surface area contributed by atoms with Crippen LogP contribution in [-0.4, -0.2) is 70.9 Å². The van der Waals surface area contributed by atoms with E-state index in [1.807, 2.05) is 6.07 Å². The number of hydrogen-bond acceptors (Lipinski definition) is 6. The largest absolute Gasteiger partial charge is 0.338 e. The molecule has 7 heteroatoms. The van der Waals surface area contributed by atoms with Gasteiger partial charge in [0, 0.05) is 45.1 Å². The standard InChI is InChI=1S/C24H29N5O2/c30-22-20-18-6-7-19(17-5-4-16(17)18)21(20)23(31)29(22)11-2-1-10-27-12-14-28(15-13-27)24-25-8-3-9-26-24/h3-9,16-21H,1-2,10-15H2/t16-,17+,18-,19+,20-,21+. The summed E-state index contributed by atoms with van der Waals surface area (Å²) >= 11 is 0. The number of unbranched alkanes of at least 4 members (excludes halogenated alkanes) is 1. The van der Waals surface area contributed by atoms with E-state index in [1.54, 1.807) is 17.3 Å². The van der Waals surface area contributed by atoms with Crippen molar-refractivity contribution in [1.29, 1.82) is 0 Å². The molecule has 7 rings (SSSR count). The molecule has 3 fully saturated rings. The van der Waals surface area contributed by atoms with Crippen molar-refractivity contribution in [1.82, 2.24) is 19.8 Å². The van der Waals surface area contributed by atoms with Crippen molar-refractivity contribution in [2.24, 2.45) is 35.5 Å². The van der Waals surface area contributed by atoms with E-state index >= 15 is 0 Å². The molecule has 2 amide bonds. The lowest BCUT2D eigenvalue weighted by Gasteiger charge is -2.51. The predicted molar refractivity (Wildman–Crippen MR) is 116 cm³/mol. The van der Waals surface area contributed by atoms with Crippen molar-refractivity contribution in [3.63, 3.8) is 0 Å². The number of allylic oxidation sites excluding steroid dienone is 4. The van der Waals surface area contributed by atoms with Gasteiger partial charge in [0.1, 0.15) is 0 Å². The van der Waals surface area contributed by atoms with Gasteiger partial charge in [0.05, 0.1) is 11.8 Å². The summed E-state index contributed by atoms with van der Waals surface area (Å²) in [5.41, 5.74) is 0. The molecule has 31 heavy (non-hydrogen) atoms. The molecule has 2 saturated heterocycles. The van der Waals surface area contributed by atoms with Crippen LogP contribution in [0.25, 0.3) is 0 Å². The minimum Gasteiger partial charge on any atom is -0.338 e. The molecular weight excluding hydrogens is 390 g/mol. The molecule has 1 aromatic heterocycles. The van der Waals surface area contributed by atoms with Crippen LogP contribution in [0.15, 0.2) is 42.8 Å². The van der Waals surface area contributed by atoms with Crippen molar-refractivity contribution in [2.75, 3.05) is 44.2 Å². The van der Waals surface area contributed by atoms with Gasteiger partial charge in [0.15, 0.2) is 0 Å². The van der Waals surface area contributed by atoms with Gasteiger partial charge in [0.25, 0.3) is 0 Å². The summed E-state index contributed by atoms with van der Waals surface area (Å²) in [4.78, 5) is 41.2. The van der Waals surface area contributed by atoms with Gasteiger partial charge >= 0.3 is 0 Å². The zero-order valence-corrected chi connectivity index (χ0v) is 17.7. The summed E-state index contributed by atoms with van der Waals surface area (Å²) < 4.78 is 0. The monoisotopic (exact) mass is 419 g/mol. The van der Waals surface area contributed by atoms with Gasteiger partial charge in [0.2, 0.25) is 17.8 Å². The first kappa shape index (κ1) is 19.2. The zero-order valence-electron chi connectivity index (χ0n) is 17.7. The fraction of sp³-hybridized carbons (Fsp3) is 0.583. The first-order valence-electron chi connectivity index (χ1n) is 11.7. The molecule has 6 atom stereocenters. The number of imide groups is 1. The van der Waals surface area contributed by atoms with E-state index in [0.717, 1.165) is 51.5 Å². The van der Waals surface area contributed by atoms with Crippen molar-refractivity contribution in [2.45, 2.75) is 12.8 Å². The van der Waals surface area contributed by atoms with Crippen molar-refractivity contribution in [3.8, 4) is 0 Å². The van der Waals surface area contributed by atoms with E-state index in [2.05, 4.69) is 44.1 Å². The highest BCUT2D eigenvalue weighted by atomic mass is 16.2. The Morgan fingerprint density at radius 3 is 1.87 bits per heavy atom. The topological polar surface area (TPSA) is 69.6 Å². The van der Waals surface area contributed by atoms with Crippen LogP contribution in [0.2, 0.25) is 0 Å². The summed E-state index contributed by atoms with van der Waals surface area (Å²) in [5.74, 6) is 2.19. The summed E-state index contributed by atoms with van der Waals surface area (Å²) in [6.45, 7) is 5.44. The quantitative estimate of drug-likeness (QED) is 0.396. The second-order valence-corrected chi connectivity index (χ2v) is 9.54. The van der Waals surface area contributed by atoms with Crippen LogP contribution < -0.4 is 4.90 Å². The fourth-order valence-corrected chi connectivity index (χ4v) is 6.40. The highest BCUT2D eigenvalue weighted by Gasteiger charge is 2.62. The highest BCUT2D eigenvalue weighted by molar-refractivity contribution is 6.06. The average Bonchev–Trinajstić information content (AvgIpc) is 3.04. The van der Waals surface area contributed by atoms with Gasteiger partial charge in [-0.05, 0) is 49.1 Å². The van der Waals surface area contributed by atoms with E-state index in [4.69, 9.17) is 0 Å².